The highest BCUT2D eigenvalue weighted by Gasteiger charge is 2.14. The molecule has 4 aromatic rings. The molecule has 2 aromatic carbocycles. The maximum absolute atomic E-state index is 14.3. The Morgan fingerprint density at radius 1 is 1.14 bits per heavy atom. The molecule has 1 saturated heterocycles. The van der Waals surface area contributed by atoms with E-state index in [1.165, 1.54) is 18.2 Å². The Morgan fingerprint density at radius 3 is 2.86 bits per heavy atom. The number of esters is 1. The summed E-state index contributed by atoms with van der Waals surface area (Å²) in [6.07, 6.45) is 3.18. The third-order valence-electron chi connectivity index (χ3n) is 5.86. The predicted octanol–water partition coefficient (Wildman–Crippen LogP) is 4.72. The van der Waals surface area contributed by atoms with Gasteiger partial charge in [0.15, 0.2) is 0 Å². The number of fused-ring (bicyclic) bond motifs is 1. The molecule has 0 spiro atoms. The molecule has 36 heavy (non-hydrogen) atoms. The van der Waals surface area contributed by atoms with Crippen molar-refractivity contribution in [2.24, 2.45) is 0 Å². The van der Waals surface area contributed by atoms with Crippen LogP contribution < -0.4 is 5.32 Å². The number of carbonyl (C=O) groups excluding carboxylic acids is 1. The fourth-order valence-corrected chi connectivity index (χ4v) is 4.15. The summed E-state index contributed by atoms with van der Waals surface area (Å²) in [7, 11) is 0. The average molecular weight is 508 g/mol. The second-order valence-corrected chi connectivity index (χ2v) is 8.70. The van der Waals surface area contributed by atoms with Crippen molar-refractivity contribution in [3.63, 3.8) is 0 Å². The summed E-state index contributed by atoms with van der Waals surface area (Å²) in [6.45, 7) is 4.09. The number of ether oxygens (including phenoxy) is 2. The summed E-state index contributed by atoms with van der Waals surface area (Å²) in [6, 6.07) is 13.0. The quantitative estimate of drug-likeness (QED) is 0.359. The van der Waals surface area contributed by atoms with Crippen LogP contribution in [0.1, 0.15) is 10.4 Å². The van der Waals surface area contributed by atoms with Crippen molar-refractivity contribution >= 4 is 39.8 Å². The molecule has 0 radical (unpaired) electrons. The van der Waals surface area contributed by atoms with Crippen molar-refractivity contribution in [2.75, 3.05) is 44.8 Å². The first kappa shape index (κ1) is 24.1. The van der Waals surface area contributed by atoms with Crippen molar-refractivity contribution in [3.05, 3.63) is 77.3 Å². The predicted molar refractivity (Wildman–Crippen MR) is 135 cm³/mol. The number of carbonyl (C=O) groups is 1. The molecule has 0 unspecified atom stereocenters. The van der Waals surface area contributed by atoms with Gasteiger partial charge in [-0.2, -0.15) is 10.2 Å². The van der Waals surface area contributed by atoms with Gasteiger partial charge in [0, 0.05) is 47.5 Å². The van der Waals surface area contributed by atoms with Crippen LogP contribution in [-0.4, -0.2) is 65.5 Å². The lowest BCUT2D eigenvalue weighted by Gasteiger charge is -2.26. The molecular formula is C26H23ClFN5O3. The Balaban J connectivity index is 1.31. The third kappa shape index (κ3) is 5.59. The third-order valence-corrected chi connectivity index (χ3v) is 6.10. The van der Waals surface area contributed by atoms with E-state index < -0.39 is 11.8 Å². The van der Waals surface area contributed by atoms with Gasteiger partial charge in [-0.15, -0.1) is 0 Å². The molecule has 10 heteroatoms. The molecule has 1 aliphatic heterocycles. The first-order valence-electron chi connectivity index (χ1n) is 11.5. The van der Waals surface area contributed by atoms with Crippen LogP contribution in [-0.2, 0) is 9.47 Å². The summed E-state index contributed by atoms with van der Waals surface area (Å²) in [5, 5.41) is 12.5. The highest BCUT2D eigenvalue weighted by molar-refractivity contribution is 6.30. The first-order valence-corrected chi connectivity index (χ1v) is 11.9. The number of nitrogens with zero attached hydrogens (tertiary/aromatic N) is 4. The van der Waals surface area contributed by atoms with E-state index in [-0.39, 0.29) is 5.56 Å². The summed E-state index contributed by atoms with van der Waals surface area (Å²) in [5.74, 6) is -0.832. The number of benzene rings is 2. The minimum Gasteiger partial charge on any atom is -0.461 e. The van der Waals surface area contributed by atoms with Crippen LogP contribution in [0.2, 0.25) is 5.02 Å². The molecule has 0 amide bonds. The van der Waals surface area contributed by atoms with Gasteiger partial charge >= 0.3 is 5.97 Å². The van der Waals surface area contributed by atoms with Gasteiger partial charge in [-0.3, -0.25) is 9.88 Å². The van der Waals surface area contributed by atoms with Gasteiger partial charge in [0.1, 0.15) is 12.4 Å². The minimum absolute atomic E-state index is 0.259. The standard InChI is InChI=1S/C26H23ClFN5O3/c27-18-2-4-22(28)21(14-18)25-15-19(16-30-32-25)31-23-5-6-29-24-13-17(1-3-20(23)24)26(34)36-12-9-33-7-10-35-11-8-33/h1-6,13-16H,7-12H2,(H,29,31,32). The van der Waals surface area contributed by atoms with Gasteiger partial charge in [0.05, 0.1) is 41.9 Å². The number of hydrogen-bond acceptors (Lipinski definition) is 8. The molecule has 1 aliphatic rings. The number of hydrogen-bond donors (Lipinski definition) is 1. The molecule has 8 nitrogen and oxygen atoms in total. The van der Waals surface area contributed by atoms with Gasteiger partial charge < -0.3 is 14.8 Å². The zero-order valence-electron chi connectivity index (χ0n) is 19.3. The lowest BCUT2D eigenvalue weighted by atomic mass is 10.1. The van der Waals surface area contributed by atoms with Gasteiger partial charge in [-0.1, -0.05) is 11.6 Å². The maximum atomic E-state index is 14.3. The van der Waals surface area contributed by atoms with Crippen LogP contribution >= 0.6 is 11.6 Å². The van der Waals surface area contributed by atoms with E-state index in [0.29, 0.717) is 53.8 Å². The first-order chi connectivity index (χ1) is 17.6. The molecule has 5 rings (SSSR count). The number of aromatic nitrogens is 3. The van der Waals surface area contributed by atoms with Gasteiger partial charge in [-0.05, 0) is 48.5 Å². The van der Waals surface area contributed by atoms with Crippen molar-refractivity contribution in [2.45, 2.75) is 0 Å². The van der Waals surface area contributed by atoms with Crippen LogP contribution in [0, 0.1) is 5.82 Å². The summed E-state index contributed by atoms with van der Waals surface area (Å²) in [4.78, 5) is 19.2. The second-order valence-electron chi connectivity index (χ2n) is 8.26. The zero-order chi connectivity index (χ0) is 24.9. The summed E-state index contributed by atoms with van der Waals surface area (Å²) >= 11 is 6.02. The monoisotopic (exact) mass is 507 g/mol. The van der Waals surface area contributed by atoms with Crippen molar-refractivity contribution in [3.8, 4) is 11.3 Å². The van der Waals surface area contributed by atoms with Crippen LogP contribution in [0.4, 0.5) is 15.8 Å². The smallest absolute Gasteiger partial charge is 0.338 e. The molecule has 1 N–H and O–H groups in total. The van der Waals surface area contributed by atoms with Crippen molar-refractivity contribution in [1.82, 2.24) is 20.1 Å². The van der Waals surface area contributed by atoms with Gasteiger partial charge in [0.25, 0.3) is 0 Å². The SMILES string of the molecule is O=C(OCCN1CCOCC1)c1ccc2c(Nc3cnnc(-c4cc(Cl)ccc4F)c3)ccnc2c1. The lowest BCUT2D eigenvalue weighted by molar-refractivity contribution is 0.0195. The largest absolute Gasteiger partial charge is 0.461 e. The minimum atomic E-state index is -0.440. The highest BCUT2D eigenvalue weighted by Crippen LogP contribution is 2.29. The molecule has 0 bridgehead atoms. The van der Waals surface area contributed by atoms with Gasteiger partial charge in [0.2, 0.25) is 0 Å². The van der Waals surface area contributed by atoms with E-state index in [4.69, 9.17) is 21.1 Å². The van der Waals surface area contributed by atoms with Crippen molar-refractivity contribution in [1.29, 1.82) is 0 Å². The number of morpholine rings is 1. The van der Waals surface area contributed by atoms with Gasteiger partial charge in [-0.25, -0.2) is 9.18 Å². The number of nitrogens with one attached hydrogen (secondary N) is 1. The fourth-order valence-electron chi connectivity index (χ4n) is 3.98. The molecule has 0 saturated carbocycles. The van der Waals surface area contributed by atoms with E-state index in [1.54, 1.807) is 30.6 Å². The molecule has 3 heterocycles. The Morgan fingerprint density at radius 2 is 2.00 bits per heavy atom. The number of rotatable bonds is 7. The normalized spacial score (nSPS) is 14.1. The number of halogens is 2. The molecule has 0 atom stereocenters. The molecule has 1 fully saturated rings. The Hall–Kier alpha value is -3.66. The van der Waals surface area contributed by atoms with E-state index in [1.807, 2.05) is 12.1 Å². The van der Waals surface area contributed by atoms with Crippen molar-refractivity contribution < 1.29 is 18.7 Å². The summed E-state index contributed by atoms with van der Waals surface area (Å²) in [5.41, 5.74) is 3.02. The maximum Gasteiger partial charge on any atom is 0.338 e. The summed E-state index contributed by atoms with van der Waals surface area (Å²) < 4.78 is 25.1. The number of pyridine rings is 1. The van der Waals surface area contributed by atoms with Crippen LogP contribution in [0.25, 0.3) is 22.2 Å². The Kier molecular flexibility index (Phi) is 7.31. The Labute approximate surface area is 212 Å². The second kappa shape index (κ2) is 10.9. The number of anilines is 2. The fraction of sp³-hybridized carbons (Fsp3) is 0.231. The molecular weight excluding hydrogens is 485 g/mol. The molecule has 2 aromatic heterocycles. The topological polar surface area (TPSA) is 89.5 Å². The van der Waals surface area contributed by atoms with Crippen LogP contribution in [0.15, 0.2) is 60.9 Å². The zero-order valence-corrected chi connectivity index (χ0v) is 20.0. The Bertz CT molecular complexity index is 1400. The average Bonchev–Trinajstić information content (AvgIpc) is 2.90. The van der Waals surface area contributed by atoms with E-state index in [0.717, 1.165) is 24.2 Å². The highest BCUT2D eigenvalue weighted by atomic mass is 35.5. The van der Waals surface area contributed by atoms with E-state index in [2.05, 4.69) is 25.4 Å². The molecule has 0 aliphatic carbocycles. The molecule has 184 valence electrons. The van der Waals surface area contributed by atoms with E-state index >= 15 is 0 Å². The lowest BCUT2D eigenvalue weighted by Crippen LogP contribution is -2.38. The van der Waals surface area contributed by atoms with E-state index in [9.17, 15) is 9.18 Å². The van der Waals surface area contributed by atoms with Crippen LogP contribution in [0.5, 0.6) is 0 Å². The van der Waals surface area contributed by atoms with Crippen LogP contribution in [0.3, 0.4) is 0 Å².